The summed E-state index contributed by atoms with van der Waals surface area (Å²) in [5.41, 5.74) is 2.80. The fraction of sp³-hybridized carbons (Fsp3) is 0. The Morgan fingerprint density at radius 1 is 0.708 bits per heavy atom. The van der Waals surface area contributed by atoms with Crippen LogP contribution in [0.3, 0.4) is 0 Å². The van der Waals surface area contributed by atoms with E-state index in [9.17, 15) is 4.79 Å². The molecule has 0 unspecified atom stereocenters. The predicted molar refractivity (Wildman–Crippen MR) is 103 cm³/mol. The molecule has 3 aromatic carbocycles. The van der Waals surface area contributed by atoms with Gasteiger partial charge in [0.25, 0.3) is 0 Å². The molecule has 0 saturated heterocycles. The standard InChI is InChI=1S/C20H16N2OS/c23-19(15-9-3-1-4-10-15)17-13-7-8-14-18(17)22-20(24)21-16-11-5-2-6-12-16/h1-14H,(H2,21,22,24). The molecule has 0 fully saturated rings. The Bertz CT molecular complexity index is 848. The van der Waals surface area contributed by atoms with Crippen molar-refractivity contribution in [1.29, 1.82) is 0 Å². The first kappa shape index (κ1) is 15.9. The zero-order chi connectivity index (χ0) is 16.8. The van der Waals surface area contributed by atoms with Crippen molar-refractivity contribution in [2.45, 2.75) is 0 Å². The zero-order valence-electron chi connectivity index (χ0n) is 12.9. The molecule has 0 aliphatic rings. The minimum atomic E-state index is -0.0405. The second kappa shape index (κ2) is 7.53. The van der Waals surface area contributed by atoms with E-state index in [1.807, 2.05) is 66.7 Å². The van der Waals surface area contributed by atoms with Crippen LogP contribution in [0.4, 0.5) is 11.4 Å². The Morgan fingerprint density at radius 2 is 1.29 bits per heavy atom. The van der Waals surface area contributed by atoms with Crippen LogP contribution in [0.1, 0.15) is 15.9 Å². The molecule has 3 nitrogen and oxygen atoms in total. The highest BCUT2D eigenvalue weighted by atomic mass is 32.1. The van der Waals surface area contributed by atoms with E-state index in [-0.39, 0.29) is 5.78 Å². The van der Waals surface area contributed by atoms with Crippen molar-refractivity contribution in [3.8, 4) is 0 Å². The molecule has 0 aromatic heterocycles. The average Bonchev–Trinajstić information content (AvgIpc) is 2.63. The van der Waals surface area contributed by atoms with E-state index < -0.39 is 0 Å². The first-order chi connectivity index (χ1) is 11.7. The van der Waals surface area contributed by atoms with Gasteiger partial charge in [-0.1, -0.05) is 60.7 Å². The minimum Gasteiger partial charge on any atom is -0.332 e. The molecule has 3 aromatic rings. The van der Waals surface area contributed by atoms with Gasteiger partial charge in [-0.3, -0.25) is 4.79 Å². The van der Waals surface area contributed by atoms with Crippen LogP contribution in [0.25, 0.3) is 0 Å². The number of anilines is 2. The normalized spacial score (nSPS) is 10.0. The van der Waals surface area contributed by atoms with Gasteiger partial charge in [0.05, 0.1) is 5.69 Å². The van der Waals surface area contributed by atoms with Gasteiger partial charge >= 0.3 is 0 Å². The molecule has 0 aliphatic heterocycles. The molecule has 0 bridgehead atoms. The Balaban J connectivity index is 1.79. The number of carbonyl (C=O) groups excluding carboxylic acids is 1. The van der Waals surface area contributed by atoms with E-state index >= 15 is 0 Å². The highest BCUT2D eigenvalue weighted by molar-refractivity contribution is 7.80. The van der Waals surface area contributed by atoms with Gasteiger partial charge in [0.15, 0.2) is 10.9 Å². The van der Waals surface area contributed by atoms with Crippen molar-refractivity contribution in [1.82, 2.24) is 0 Å². The smallest absolute Gasteiger partial charge is 0.195 e. The lowest BCUT2D eigenvalue weighted by molar-refractivity contribution is 0.103. The van der Waals surface area contributed by atoms with Gasteiger partial charge in [0.1, 0.15) is 0 Å². The molecule has 24 heavy (non-hydrogen) atoms. The number of carbonyl (C=O) groups is 1. The molecule has 0 saturated carbocycles. The second-order valence-electron chi connectivity index (χ2n) is 5.19. The van der Waals surface area contributed by atoms with Crippen LogP contribution in [-0.2, 0) is 0 Å². The maximum Gasteiger partial charge on any atom is 0.195 e. The summed E-state index contributed by atoms with van der Waals surface area (Å²) in [7, 11) is 0. The fourth-order valence-corrected chi connectivity index (χ4v) is 2.57. The van der Waals surface area contributed by atoms with Gasteiger partial charge in [-0.2, -0.15) is 0 Å². The van der Waals surface area contributed by atoms with E-state index in [1.54, 1.807) is 18.2 Å². The summed E-state index contributed by atoms with van der Waals surface area (Å²) in [6, 6.07) is 26.2. The van der Waals surface area contributed by atoms with Crippen molar-refractivity contribution < 1.29 is 4.79 Å². The Labute approximate surface area is 146 Å². The summed E-state index contributed by atoms with van der Waals surface area (Å²) in [6.07, 6.45) is 0. The Hall–Kier alpha value is -2.98. The summed E-state index contributed by atoms with van der Waals surface area (Å²) in [5.74, 6) is -0.0405. The zero-order valence-corrected chi connectivity index (χ0v) is 13.7. The molecular weight excluding hydrogens is 316 g/mol. The fourth-order valence-electron chi connectivity index (χ4n) is 2.34. The van der Waals surface area contributed by atoms with Crippen LogP contribution < -0.4 is 10.6 Å². The first-order valence-corrected chi connectivity index (χ1v) is 7.97. The van der Waals surface area contributed by atoms with Gasteiger partial charge in [0, 0.05) is 16.8 Å². The van der Waals surface area contributed by atoms with Crippen LogP contribution in [0.2, 0.25) is 0 Å². The number of benzene rings is 3. The summed E-state index contributed by atoms with van der Waals surface area (Å²) < 4.78 is 0. The lowest BCUT2D eigenvalue weighted by Crippen LogP contribution is -2.20. The van der Waals surface area contributed by atoms with E-state index in [1.165, 1.54) is 0 Å². The quantitative estimate of drug-likeness (QED) is 0.535. The third-order valence-electron chi connectivity index (χ3n) is 3.49. The summed E-state index contributed by atoms with van der Waals surface area (Å²) >= 11 is 5.35. The summed E-state index contributed by atoms with van der Waals surface area (Å²) in [4.78, 5) is 12.7. The highest BCUT2D eigenvalue weighted by Gasteiger charge is 2.13. The molecule has 0 aliphatic carbocycles. The number of hydrogen-bond acceptors (Lipinski definition) is 2. The Morgan fingerprint density at radius 3 is 2.00 bits per heavy atom. The number of rotatable bonds is 4. The molecule has 0 amide bonds. The molecular formula is C20H16N2OS. The molecule has 0 radical (unpaired) electrons. The number of hydrogen-bond donors (Lipinski definition) is 2. The van der Waals surface area contributed by atoms with Crippen molar-refractivity contribution >= 4 is 34.5 Å². The lowest BCUT2D eigenvalue weighted by Gasteiger charge is -2.13. The monoisotopic (exact) mass is 332 g/mol. The van der Waals surface area contributed by atoms with Gasteiger partial charge in [-0.15, -0.1) is 0 Å². The highest BCUT2D eigenvalue weighted by Crippen LogP contribution is 2.19. The SMILES string of the molecule is O=C(c1ccccc1)c1ccccc1NC(=S)Nc1ccccc1. The predicted octanol–water partition coefficient (Wildman–Crippen LogP) is 4.73. The van der Waals surface area contributed by atoms with Gasteiger partial charge in [-0.25, -0.2) is 0 Å². The van der Waals surface area contributed by atoms with Crippen LogP contribution in [0.5, 0.6) is 0 Å². The average molecular weight is 332 g/mol. The minimum absolute atomic E-state index is 0.0405. The number of nitrogens with one attached hydrogen (secondary N) is 2. The molecule has 3 rings (SSSR count). The molecule has 0 atom stereocenters. The lowest BCUT2D eigenvalue weighted by atomic mass is 10.0. The van der Waals surface area contributed by atoms with Crippen molar-refractivity contribution in [2.75, 3.05) is 10.6 Å². The van der Waals surface area contributed by atoms with Crippen molar-refractivity contribution in [2.24, 2.45) is 0 Å². The Kier molecular flexibility index (Phi) is 4.99. The number of ketones is 1. The van der Waals surface area contributed by atoms with Crippen LogP contribution >= 0.6 is 12.2 Å². The van der Waals surface area contributed by atoms with E-state index in [0.717, 1.165) is 5.69 Å². The topological polar surface area (TPSA) is 41.1 Å². The second-order valence-corrected chi connectivity index (χ2v) is 5.59. The van der Waals surface area contributed by atoms with E-state index in [0.29, 0.717) is 21.9 Å². The maximum absolute atomic E-state index is 12.7. The van der Waals surface area contributed by atoms with E-state index in [2.05, 4.69) is 10.6 Å². The molecule has 118 valence electrons. The van der Waals surface area contributed by atoms with Crippen molar-refractivity contribution in [3.63, 3.8) is 0 Å². The molecule has 2 N–H and O–H groups in total. The molecule has 0 heterocycles. The van der Waals surface area contributed by atoms with Crippen LogP contribution in [0.15, 0.2) is 84.9 Å². The number of thiocarbonyl (C=S) groups is 1. The van der Waals surface area contributed by atoms with Crippen LogP contribution in [0, 0.1) is 0 Å². The summed E-state index contributed by atoms with van der Waals surface area (Å²) in [6.45, 7) is 0. The number of para-hydroxylation sites is 2. The van der Waals surface area contributed by atoms with Gasteiger partial charge in [0.2, 0.25) is 0 Å². The molecule has 4 heteroatoms. The largest absolute Gasteiger partial charge is 0.332 e. The van der Waals surface area contributed by atoms with Crippen molar-refractivity contribution in [3.05, 3.63) is 96.1 Å². The third-order valence-corrected chi connectivity index (χ3v) is 3.69. The maximum atomic E-state index is 12.7. The molecule has 0 spiro atoms. The van der Waals surface area contributed by atoms with Crippen LogP contribution in [-0.4, -0.2) is 10.9 Å². The third kappa shape index (κ3) is 3.86. The van der Waals surface area contributed by atoms with Gasteiger partial charge in [-0.05, 0) is 36.5 Å². The summed E-state index contributed by atoms with van der Waals surface area (Å²) in [5, 5.41) is 6.65. The first-order valence-electron chi connectivity index (χ1n) is 7.56. The van der Waals surface area contributed by atoms with Gasteiger partial charge < -0.3 is 10.6 Å². The van der Waals surface area contributed by atoms with E-state index in [4.69, 9.17) is 12.2 Å².